The van der Waals surface area contributed by atoms with Gasteiger partial charge in [-0.05, 0) is 37.1 Å². The lowest BCUT2D eigenvalue weighted by Crippen LogP contribution is -2.19. The third-order valence-corrected chi connectivity index (χ3v) is 3.80. The summed E-state index contributed by atoms with van der Waals surface area (Å²) < 4.78 is 0.974. The Balaban J connectivity index is 2.19. The van der Waals surface area contributed by atoms with Crippen LogP contribution in [-0.2, 0) is 0 Å². The van der Waals surface area contributed by atoms with Crippen LogP contribution in [0.1, 0.15) is 18.4 Å². The van der Waals surface area contributed by atoms with Crippen molar-refractivity contribution in [3.05, 3.63) is 34.3 Å². The summed E-state index contributed by atoms with van der Waals surface area (Å²) in [5.41, 5.74) is 1.59. The molecule has 90 valence electrons. The van der Waals surface area contributed by atoms with E-state index in [1.165, 1.54) is 12.8 Å². The van der Waals surface area contributed by atoms with Gasteiger partial charge in [-0.15, -0.1) is 0 Å². The topological polar surface area (TPSA) is 39.9 Å². The van der Waals surface area contributed by atoms with Crippen molar-refractivity contribution < 1.29 is 0 Å². The van der Waals surface area contributed by atoms with Gasteiger partial charge in [0.1, 0.15) is 5.82 Å². The third kappa shape index (κ3) is 1.95. The first-order chi connectivity index (χ1) is 8.78. The molecule has 3 rings (SSSR count). The van der Waals surface area contributed by atoms with Gasteiger partial charge < -0.3 is 4.90 Å². The Morgan fingerprint density at radius 1 is 1.22 bits per heavy atom. The smallest absolute Gasteiger partial charge is 0.130 e. The Labute approximate surface area is 114 Å². The van der Waals surface area contributed by atoms with Gasteiger partial charge in [-0.3, -0.25) is 0 Å². The lowest BCUT2D eigenvalue weighted by Gasteiger charge is -2.17. The molecule has 0 saturated carbocycles. The van der Waals surface area contributed by atoms with E-state index < -0.39 is 0 Å². The minimum atomic E-state index is 0.697. The van der Waals surface area contributed by atoms with E-state index in [-0.39, 0.29) is 0 Å². The fourth-order valence-corrected chi connectivity index (χ4v) is 2.75. The number of aromatic nitrogens is 1. The third-order valence-electron chi connectivity index (χ3n) is 3.31. The molecular weight excluding hydrogens is 290 g/mol. The van der Waals surface area contributed by atoms with Gasteiger partial charge in [-0.25, -0.2) is 4.98 Å². The van der Waals surface area contributed by atoms with Crippen molar-refractivity contribution in [3.63, 3.8) is 0 Å². The van der Waals surface area contributed by atoms with Crippen LogP contribution < -0.4 is 4.90 Å². The molecule has 3 nitrogen and oxygen atoms in total. The first-order valence-electron chi connectivity index (χ1n) is 6.03. The summed E-state index contributed by atoms with van der Waals surface area (Å²) in [5, 5.41) is 10.2. The minimum Gasteiger partial charge on any atom is -0.357 e. The lowest BCUT2D eigenvalue weighted by molar-refractivity contribution is 0.943. The Hall–Kier alpha value is -1.60. The maximum absolute atomic E-state index is 9.28. The highest BCUT2D eigenvalue weighted by atomic mass is 79.9. The first-order valence-corrected chi connectivity index (χ1v) is 6.82. The van der Waals surface area contributed by atoms with Gasteiger partial charge in [-0.1, -0.05) is 15.9 Å². The molecule has 18 heavy (non-hydrogen) atoms. The molecule has 0 radical (unpaired) electrons. The number of halogens is 1. The number of benzene rings is 1. The fourth-order valence-electron chi connectivity index (χ4n) is 2.38. The molecule has 0 N–H and O–H groups in total. The zero-order valence-corrected chi connectivity index (χ0v) is 11.4. The number of fused-ring (bicyclic) bond motifs is 1. The molecule has 0 unspecified atom stereocenters. The van der Waals surface area contributed by atoms with Gasteiger partial charge >= 0.3 is 0 Å². The van der Waals surface area contributed by atoms with Crippen molar-refractivity contribution in [2.75, 3.05) is 18.0 Å². The van der Waals surface area contributed by atoms with Crippen LogP contribution in [0.3, 0.4) is 0 Å². The van der Waals surface area contributed by atoms with Crippen molar-refractivity contribution in [1.82, 2.24) is 4.98 Å². The van der Waals surface area contributed by atoms with Crippen molar-refractivity contribution in [2.45, 2.75) is 12.8 Å². The number of anilines is 1. The van der Waals surface area contributed by atoms with Crippen LogP contribution >= 0.6 is 15.9 Å². The summed E-state index contributed by atoms with van der Waals surface area (Å²) in [7, 11) is 0. The highest BCUT2D eigenvalue weighted by Crippen LogP contribution is 2.27. The number of hydrogen-bond acceptors (Lipinski definition) is 3. The van der Waals surface area contributed by atoms with Gasteiger partial charge in [0.05, 0.1) is 17.1 Å². The van der Waals surface area contributed by atoms with Crippen LogP contribution in [0.5, 0.6) is 0 Å². The number of rotatable bonds is 1. The number of nitriles is 1. The predicted molar refractivity (Wildman–Crippen MR) is 75.6 cm³/mol. The van der Waals surface area contributed by atoms with E-state index in [1.54, 1.807) is 0 Å². The monoisotopic (exact) mass is 301 g/mol. The summed E-state index contributed by atoms with van der Waals surface area (Å²) in [6, 6.07) is 10.1. The highest BCUT2D eigenvalue weighted by molar-refractivity contribution is 9.10. The quantitative estimate of drug-likeness (QED) is 0.810. The van der Waals surface area contributed by atoms with Gasteiger partial charge in [0, 0.05) is 22.9 Å². The highest BCUT2D eigenvalue weighted by Gasteiger charge is 2.15. The molecule has 1 saturated heterocycles. The van der Waals surface area contributed by atoms with Gasteiger partial charge in [-0.2, -0.15) is 5.26 Å². The zero-order valence-electron chi connectivity index (χ0n) is 9.86. The lowest BCUT2D eigenvalue weighted by atomic mass is 10.1. The van der Waals surface area contributed by atoms with Crippen LogP contribution in [-0.4, -0.2) is 18.1 Å². The second-order valence-corrected chi connectivity index (χ2v) is 5.41. The van der Waals surface area contributed by atoms with Crippen LogP contribution in [0.15, 0.2) is 28.7 Å². The summed E-state index contributed by atoms with van der Waals surface area (Å²) in [5.74, 6) is 0.930. The molecule has 2 heterocycles. The van der Waals surface area contributed by atoms with E-state index in [1.807, 2.05) is 24.3 Å². The number of pyridine rings is 1. The molecular formula is C14H12BrN3. The average Bonchev–Trinajstić information content (AvgIpc) is 2.91. The van der Waals surface area contributed by atoms with Crippen molar-refractivity contribution in [2.24, 2.45) is 0 Å². The van der Waals surface area contributed by atoms with E-state index in [4.69, 9.17) is 0 Å². The maximum atomic E-state index is 9.28. The van der Waals surface area contributed by atoms with Crippen LogP contribution in [0.2, 0.25) is 0 Å². The van der Waals surface area contributed by atoms with Gasteiger partial charge in [0.25, 0.3) is 0 Å². The predicted octanol–water partition coefficient (Wildman–Crippen LogP) is 3.47. The van der Waals surface area contributed by atoms with E-state index in [9.17, 15) is 5.26 Å². The van der Waals surface area contributed by atoms with Gasteiger partial charge in [0.2, 0.25) is 0 Å². The molecule has 0 atom stereocenters. The summed E-state index contributed by atoms with van der Waals surface area (Å²) >= 11 is 3.43. The Kier molecular flexibility index (Phi) is 2.92. The number of hydrogen-bond donors (Lipinski definition) is 0. The molecule has 0 spiro atoms. The molecule has 4 heteroatoms. The van der Waals surface area contributed by atoms with Crippen LogP contribution in [0, 0.1) is 11.3 Å². The van der Waals surface area contributed by atoms with Crippen molar-refractivity contribution in [3.8, 4) is 6.07 Å². The molecule has 1 fully saturated rings. The molecule has 0 bridgehead atoms. The molecule has 1 aliphatic heterocycles. The SMILES string of the molecule is N#Cc1cc(N2CCCC2)nc2ccc(Br)cc12. The number of nitrogens with zero attached hydrogens (tertiary/aromatic N) is 3. The fraction of sp³-hybridized carbons (Fsp3) is 0.286. The molecule has 0 aliphatic carbocycles. The first kappa shape index (κ1) is 11.5. The Morgan fingerprint density at radius 2 is 2.00 bits per heavy atom. The van der Waals surface area contributed by atoms with Crippen molar-refractivity contribution >= 4 is 32.7 Å². The second-order valence-electron chi connectivity index (χ2n) is 4.50. The summed E-state index contributed by atoms with van der Waals surface area (Å²) in [4.78, 5) is 6.91. The minimum absolute atomic E-state index is 0.697. The van der Waals surface area contributed by atoms with E-state index in [0.29, 0.717) is 5.56 Å². The standard InChI is InChI=1S/C14H12BrN3/c15-11-3-4-13-12(8-11)10(9-16)7-14(17-13)18-5-1-2-6-18/h3-4,7-8H,1-2,5-6H2. The van der Waals surface area contributed by atoms with Crippen LogP contribution in [0.4, 0.5) is 5.82 Å². The second kappa shape index (κ2) is 4.58. The normalized spacial score (nSPS) is 15.0. The van der Waals surface area contributed by atoms with E-state index in [2.05, 4.69) is 31.9 Å². The van der Waals surface area contributed by atoms with Gasteiger partial charge in [0.15, 0.2) is 0 Å². The Bertz CT molecular complexity index is 639. The van der Waals surface area contributed by atoms with E-state index >= 15 is 0 Å². The summed E-state index contributed by atoms with van der Waals surface area (Å²) in [6.45, 7) is 2.08. The molecule has 1 aromatic carbocycles. The zero-order chi connectivity index (χ0) is 12.5. The molecule has 2 aromatic rings. The Morgan fingerprint density at radius 3 is 2.72 bits per heavy atom. The van der Waals surface area contributed by atoms with Crippen molar-refractivity contribution in [1.29, 1.82) is 5.26 Å². The summed E-state index contributed by atoms with van der Waals surface area (Å²) in [6.07, 6.45) is 2.42. The molecule has 0 amide bonds. The molecule has 1 aromatic heterocycles. The molecule has 1 aliphatic rings. The average molecular weight is 302 g/mol. The van der Waals surface area contributed by atoms with E-state index in [0.717, 1.165) is 34.3 Å². The maximum Gasteiger partial charge on any atom is 0.130 e. The largest absolute Gasteiger partial charge is 0.357 e. The van der Waals surface area contributed by atoms with Crippen LogP contribution in [0.25, 0.3) is 10.9 Å².